The van der Waals surface area contributed by atoms with Crippen LogP contribution in [0, 0.1) is 12.7 Å². The summed E-state index contributed by atoms with van der Waals surface area (Å²) in [5.74, 6) is -1.88. The van der Waals surface area contributed by atoms with Crippen molar-refractivity contribution >= 4 is 39.1 Å². The lowest BCUT2D eigenvalue weighted by Crippen LogP contribution is -2.22. The Kier molecular flexibility index (Phi) is 4.69. The lowest BCUT2D eigenvalue weighted by Gasteiger charge is -2.04. The van der Waals surface area contributed by atoms with E-state index >= 15 is 0 Å². The quantitative estimate of drug-likeness (QED) is 0.864. The maximum Gasteiger partial charge on any atom is 0.347 e. The lowest BCUT2D eigenvalue weighted by atomic mass is 10.2. The number of carboxylic acids is 1. The number of amides is 1. The summed E-state index contributed by atoms with van der Waals surface area (Å²) in [5, 5.41) is 12.0. The summed E-state index contributed by atoms with van der Waals surface area (Å²) in [4.78, 5) is 27.1. The van der Waals surface area contributed by atoms with Crippen molar-refractivity contribution in [3.05, 3.63) is 49.6 Å². The zero-order valence-corrected chi connectivity index (χ0v) is 13.2. The zero-order chi connectivity index (χ0) is 15.6. The van der Waals surface area contributed by atoms with Crippen molar-refractivity contribution in [3.8, 4) is 0 Å². The molecule has 2 N–H and O–H groups in total. The smallest absolute Gasteiger partial charge is 0.347 e. The third-order valence-electron chi connectivity index (χ3n) is 2.62. The molecule has 8 heteroatoms. The molecule has 0 unspecified atom stereocenters. The molecule has 21 heavy (non-hydrogen) atoms. The monoisotopic (exact) mass is 372 g/mol. The van der Waals surface area contributed by atoms with Gasteiger partial charge in [-0.15, -0.1) is 11.3 Å². The van der Waals surface area contributed by atoms with Crippen LogP contribution < -0.4 is 5.32 Å². The van der Waals surface area contributed by atoms with Gasteiger partial charge in [0.15, 0.2) is 0 Å². The summed E-state index contributed by atoms with van der Waals surface area (Å²) < 4.78 is 13.3. The molecular weight excluding hydrogens is 363 g/mol. The number of aromatic nitrogens is 1. The molecule has 0 radical (unpaired) electrons. The van der Waals surface area contributed by atoms with E-state index in [0.29, 0.717) is 16.3 Å². The number of carboxylic acid groups (broad SMARTS) is 1. The summed E-state index contributed by atoms with van der Waals surface area (Å²) in [5.41, 5.74) is 0.719. The van der Waals surface area contributed by atoms with Crippen LogP contribution in [-0.4, -0.2) is 22.0 Å². The van der Waals surface area contributed by atoms with Crippen LogP contribution in [0.2, 0.25) is 0 Å². The molecule has 1 aromatic carbocycles. The maximum atomic E-state index is 13.1. The Balaban J connectivity index is 2.05. The van der Waals surface area contributed by atoms with E-state index in [9.17, 15) is 14.0 Å². The first-order chi connectivity index (χ1) is 9.88. The van der Waals surface area contributed by atoms with Gasteiger partial charge in [-0.1, -0.05) is 0 Å². The number of thiazole rings is 1. The standard InChI is InChI=1S/C13H10BrFN2O3S/c1-6-11(13(19)20)21-10(17-6)5-16-12(18)7-2-3-9(15)8(14)4-7/h2-4H,5H2,1H3,(H,16,18)(H,19,20). The average molecular weight is 373 g/mol. The maximum absolute atomic E-state index is 13.1. The second kappa shape index (κ2) is 6.31. The van der Waals surface area contributed by atoms with Crippen molar-refractivity contribution in [2.45, 2.75) is 13.5 Å². The molecule has 0 aliphatic heterocycles. The fourth-order valence-electron chi connectivity index (χ4n) is 1.62. The molecule has 0 atom stereocenters. The van der Waals surface area contributed by atoms with E-state index in [-0.39, 0.29) is 21.8 Å². The number of nitrogens with zero attached hydrogens (tertiary/aromatic N) is 1. The van der Waals surface area contributed by atoms with E-state index < -0.39 is 11.8 Å². The number of rotatable bonds is 4. The number of benzene rings is 1. The second-order valence-corrected chi connectivity index (χ2v) is 6.08. The Hall–Kier alpha value is -1.80. The highest BCUT2D eigenvalue weighted by molar-refractivity contribution is 9.10. The summed E-state index contributed by atoms with van der Waals surface area (Å²) in [6.45, 7) is 1.72. The summed E-state index contributed by atoms with van der Waals surface area (Å²) in [7, 11) is 0. The zero-order valence-electron chi connectivity index (χ0n) is 10.8. The molecule has 1 heterocycles. The van der Waals surface area contributed by atoms with Crippen LogP contribution in [0.4, 0.5) is 4.39 Å². The number of aryl methyl sites for hydroxylation is 1. The van der Waals surface area contributed by atoms with Crippen molar-refractivity contribution in [1.29, 1.82) is 0 Å². The van der Waals surface area contributed by atoms with E-state index in [2.05, 4.69) is 26.2 Å². The van der Waals surface area contributed by atoms with E-state index in [1.54, 1.807) is 6.92 Å². The van der Waals surface area contributed by atoms with Crippen LogP contribution in [0.1, 0.15) is 30.7 Å². The van der Waals surface area contributed by atoms with Gasteiger partial charge in [0.1, 0.15) is 15.7 Å². The molecule has 0 fully saturated rings. The number of hydrogen-bond donors (Lipinski definition) is 2. The first-order valence-electron chi connectivity index (χ1n) is 5.81. The van der Waals surface area contributed by atoms with Gasteiger partial charge in [-0.05, 0) is 41.1 Å². The topological polar surface area (TPSA) is 79.3 Å². The van der Waals surface area contributed by atoms with Crippen LogP contribution in [0.5, 0.6) is 0 Å². The molecule has 2 rings (SSSR count). The third kappa shape index (κ3) is 3.64. The van der Waals surface area contributed by atoms with Gasteiger partial charge < -0.3 is 10.4 Å². The van der Waals surface area contributed by atoms with Crippen LogP contribution in [0.15, 0.2) is 22.7 Å². The minimum Gasteiger partial charge on any atom is -0.477 e. The highest BCUT2D eigenvalue weighted by Crippen LogP contribution is 2.19. The predicted molar refractivity (Wildman–Crippen MR) is 79.1 cm³/mol. The Morgan fingerprint density at radius 1 is 1.48 bits per heavy atom. The number of carbonyl (C=O) groups excluding carboxylic acids is 1. The second-order valence-electron chi connectivity index (χ2n) is 4.14. The Morgan fingerprint density at radius 2 is 2.19 bits per heavy atom. The van der Waals surface area contributed by atoms with Crippen molar-refractivity contribution < 1.29 is 19.1 Å². The van der Waals surface area contributed by atoms with Gasteiger partial charge >= 0.3 is 5.97 Å². The molecule has 0 aliphatic carbocycles. The van der Waals surface area contributed by atoms with Crippen molar-refractivity contribution in [2.75, 3.05) is 0 Å². The number of hydrogen-bond acceptors (Lipinski definition) is 4. The first-order valence-corrected chi connectivity index (χ1v) is 7.42. The molecule has 110 valence electrons. The van der Waals surface area contributed by atoms with Gasteiger partial charge in [-0.3, -0.25) is 4.79 Å². The summed E-state index contributed by atoms with van der Waals surface area (Å²) >= 11 is 4.02. The van der Waals surface area contributed by atoms with Crippen LogP contribution in [-0.2, 0) is 6.54 Å². The summed E-state index contributed by atoms with van der Waals surface area (Å²) in [6, 6.07) is 3.93. The lowest BCUT2D eigenvalue weighted by molar-refractivity contribution is 0.0701. The Morgan fingerprint density at radius 3 is 2.76 bits per heavy atom. The highest BCUT2D eigenvalue weighted by atomic mass is 79.9. The third-order valence-corrected chi connectivity index (χ3v) is 4.37. The molecule has 0 saturated heterocycles. The summed E-state index contributed by atoms with van der Waals surface area (Å²) in [6.07, 6.45) is 0. The Labute approximate surface area is 132 Å². The molecule has 1 aromatic heterocycles. The molecule has 2 aromatic rings. The Bertz CT molecular complexity index is 717. The van der Waals surface area contributed by atoms with Crippen molar-refractivity contribution in [2.24, 2.45) is 0 Å². The molecule has 5 nitrogen and oxygen atoms in total. The van der Waals surface area contributed by atoms with Crippen LogP contribution >= 0.6 is 27.3 Å². The molecule has 1 amide bonds. The first kappa shape index (κ1) is 15.6. The number of carbonyl (C=O) groups is 2. The number of aromatic carboxylic acids is 1. The van der Waals surface area contributed by atoms with Gasteiger partial charge in [-0.25, -0.2) is 14.2 Å². The molecule has 0 aliphatic rings. The average Bonchev–Trinajstić information content (AvgIpc) is 2.80. The van der Waals surface area contributed by atoms with Gasteiger partial charge in [0.2, 0.25) is 0 Å². The van der Waals surface area contributed by atoms with Gasteiger partial charge in [0, 0.05) is 5.56 Å². The van der Waals surface area contributed by atoms with E-state index in [1.165, 1.54) is 18.2 Å². The van der Waals surface area contributed by atoms with Crippen molar-refractivity contribution in [3.63, 3.8) is 0 Å². The van der Waals surface area contributed by atoms with Gasteiger partial charge in [0.25, 0.3) is 5.91 Å². The SMILES string of the molecule is Cc1nc(CNC(=O)c2ccc(F)c(Br)c2)sc1C(=O)O. The van der Waals surface area contributed by atoms with Crippen LogP contribution in [0.3, 0.4) is 0 Å². The molecule has 0 saturated carbocycles. The van der Waals surface area contributed by atoms with E-state index in [4.69, 9.17) is 5.11 Å². The van der Waals surface area contributed by atoms with Crippen LogP contribution in [0.25, 0.3) is 0 Å². The van der Waals surface area contributed by atoms with Crippen molar-refractivity contribution in [1.82, 2.24) is 10.3 Å². The van der Waals surface area contributed by atoms with Gasteiger partial charge in [-0.2, -0.15) is 0 Å². The molecule has 0 bridgehead atoms. The highest BCUT2D eigenvalue weighted by Gasteiger charge is 2.15. The normalized spacial score (nSPS) is 10.4. The predicted octanol–water partition coefficient (Wildman–Crippen LogP) is 2.98. The van der Waals surface area contributed by atoms with E-state index in [0.717, 1.165) is 11.3 Å². The number of nitrogens with one attached hydrogen (secondary N) is 1. The molecular formula is C13H10BrFN2O3S. The van der Waals surface area contributed by atoms with Gasteiger partial charge in [0.05, 0.1) is 16.7 Å². The number of halogens is 2. The largest absolute Gasteiger partial charge is 0.477 e. The fraction of sp³-hybridized carbons (Fsp3) is 0.154. The fourth-order valence-corrected chi connectivity index (χ4v) is 2.84. The van der Waals surface area contributed by atoms with E-state index in [1.807, 2.05) is 0 Å². The molecule has 0 spiro atoms. The minimum absolute atomic E-state index is 0.118. The minimum atomic E-state index is -1.04.